The molecule has 1 aliphatic rings. The number of alkyl carbamates (subject to hydrolysis) is 1. The van der Waals surface area contributed by atoms with Crippen molar-refractivity contribution in [2.75, 3.05) is 19.7 Å². The first-order valence-corrected chi connectivity index (χ1v) is 9.00. The molecule has 1 fully saturated rings. The molecule has 0 aromatic carbocycles. The topological polar surface area (TPSA) is 70.6 Å². The average molecular weight is 328 g/mol. The molecule has 5 heteroatoms. The highest BCUT2D eigenvalue weighted by Gasteiger charge is 2.29. The monoisotopic (exact) mass is 328 g/mol. The fourth-order valence-corrected chi connectivity index (χ4v) is 2.94. The molecule has 0 radical (unpaired) electrons. The summed E-state index contributed by atoms with van der Waals surface area (Å²) in [6, 6.07) is 0.238. The van der Waals surface area contributed by atoms with Gasteiger partial charge in [-0.3, -0.25) is 0 Å². The molecule has 1 amide bonds. The van der Waals surface area contributed by atoms with Crippen LogP contribution in [0.3, 0.4) is 0 Å². The minimum absolute atomic E-state index is 0.108. The van der Waals surface area contributed by atoms with E-state index in [4.69, 9.17) is 4.74 Å². The van der Waals surface area contributed by atoms with Crippen LogP contribution in [-0.2, 0) is 4.74 Å². The first-order chi connectivity index (χ1) is 10.7. The van der Waals surface area contributed by atoms with Crippen molar-refractivity contribution in [1.29, 1.82) is 0 Å². The Hall–Kier alpha value is -0.810. The van der Waals surface area contributed by atoms with Crippen LogP contribution in [0, 0.1) is 11.3 Å². The fraction of sp³-hybridized carbons (Fsp3) is 0.944. The summed E-state index contributed by atoms with van der Waals surface area (Å²) in [7, 11) is 0. The highest BCUT2D eigenvalue weighted by atomic mass is 16.6. The van der Waals surface area contributed by atoms with Crippen LogP contribution in [0.4, 0.5) is 4.79 Å². The molecule has 2 atom stereocenters. The zero-order chi connectivity index (χ0) is 17.5. The van der Waals surface area contributed by atoms with Gasteiger partial charge in [-0.25, -0.2) is 4.79 Å². The predicted octanol–water partition coefficient (Wildman–Crippen LogP) is 3.07. The van der Waals surface area contributed by atoms with Gasteiger partial charge in [-0.15, -0.1) is 0 Å². The highest BCUT2D eigenvalue weighted by molar-refractivity contribution is 5.67. The lowest BCUT2D eigenvalue weighted by Crippen LogP contribution is -2.49. The normalized spacial score (nSPS) is 20.1. The number of hydrogen-bond acceptors (Lipinski definition) is 4. The summed E-state index contributed by atoms with van der Waals surface area (Å²) in [6.45, 7) is 11.3. The second kappa shape index (κ2) is 8.88. The third-order valence-corrected chi connectivity index (χ3v) is 4.86. The van der Waals surface area contributed by atoms with Crippen molar-refractivity contribution in [3.63, 3.8) is 0 Å². The molecule has 136 valence electrons. The maximum Gasteiger partial charge on any atom is 0.407 e. The summed E-state index contributed by atoms with van der Waals surface area (Å²) in [5.41, 5.74) is -0.583. The Morgan fingerprint density at radius 2 is 1.87 bits per heavy atom. The lowest BCUT2D eigenvalue weighted by Gasteiger charge is -2.32. The molecule has 0 aromatic rings. The molecule has 0 aromatic heterocycles. The smallest absolute Gasteiger partial charge is 0.407 e. The Morgan fingerprint density at radius 3 is 2.35 bits per heavy atom. The molecule has 1 saturated carbocycles. The minimum atomic E-state index is -0.474. The van der Waals surface area contributed by atoms with Crippen LogP contribution < -0.4 is 10.6 Å². The molecular weight excluding hydrogens is 292 g/mol. The van der Waals surface area contributed by atoms with Gasteiger partial charge in [0.1, 0.15) is 5.60 Å². The molecule has 3 N–H and O–H groups in total. The quantitative estimate of drug-likeness (QED) is 0.640. The van der Waals surface area contributed by atoms with Crippen LogP contribution in [-0.4, -0.2) is 42.5 Å². The van der Waals surface area contributed by atoms with Crippen molar-refractivity contribution in [2.24, 2.45) is 11.3 Å². The second-order valence-corrected chi connectivity index (χ2v) is 8.24. The molecule has 2 unspecified atom stereocenters. The number of carbonyl (C=O) groups is 1. The van der Waals surface area contributed by atoms with Crippen LogP contribution in [0.15, 0.2) is 0 Å². The maximum atomic E-state index is 11.9. The Morgan fingerprint density at radius 1 is 1.26 bits per heavy atom. The molecule has 1 rings (SSSR count). The third kappa shape index (κ3) is 7.53. The molecule has 0 bridgehead atoms. The number of aliphatic hydroxyl groups excluding tert-OH is 1. The third-order valence-electron chi connectivity index (χ3n) is 4.86. The molecule has 1 aliphatic carbocycles. The van der Waals surface area contributed by atoms with Crippen molar-refractivity contribution in [1.82, 2.24) is 10.6 Å². The Bertz CT molecular complexity index is 356. The van der Waals surface area contributed by atoms with E-state index in [1.807, 2.05) is 20.8 Å². The lowest BCUT2D eigenvalue weighted by molar-refractivity contribution is 0.0515. The van der Waals surface area contributed by atoms with Gasteiger partial charge < -0.3 is 20.5 Å². The molecular formula is C18H36N2O3. The Kier molecular flexibility index (Phi) is 7.81. The predicted molar refractivity (Wildman–Crippen MR) is 93.5 cm³/mol. The summed E-state index contributed by atoms with van der Waals surface area (Å²) < 4.78 is 5.32. The first-order valence-electron chi connectivity index (χ1n) is 9.00. The van der Waals surface area contributed by atoms with Crippen LogP contribution in [0.2, 0.25) is 0 Å². The van der Waals surface area contributed by atoms with Gasteiger partial charge in [-0.2, -0.15) is 0 Å². The van der Waals surface area contributed by atoms with Crippen molar-refractivity contribution in [3.05, 3.63) is 0 Å². The largest absolute Gasteiger partial charge is 0.444 e. The summed E-state index contributed by atoms with van der Waals surface area (Å²) >= 11 is 0. The van der Waals surface area contributed by atoms with Crippen molar-refractivity contribution >= 4 is 6.09 Å². The van der Waals surface area contributed by atoms with Gasteiger partial charge in [0.25, 0.3) is 0 Å². The van der Waals surface area contributed by atoms with Crippen molar-refractivity contribution in [2.45, 2.75) is 78.4 Å². The van der Waals surface area contributed by atoms with Gasteiger partial charge in [0.05, 0.1) is 0 Å². The molecule has 0 spiro atoms. The van der Waals surface area contributed by atoms with Crippen LogP contribution in [0.5, 0.6) is 0 Å². The van der Waals surface area contributed by atoms with Crippen LogP contribution in [0.25, 0.3) is 0 Å². The van der Waals surface area contributed by atoms with E-state index in [1.54, 1.807) is 0 Å². The minimum Gasteiger partial charge on any atom is -0.444 e. The fourth-order valence-electron chi connectivity index (χ4n) is 2.94. The van der Waals surface area contributed by atoms with E-state index in [9.17, 15) is 9.90 Å². The standard InChI is InChI=1S/C18H36N2O3/c1-6-18(5,13-21)12-20-15(14-9-7-8-10-14)11-19-16(22)23-17(2,3)4/h14-15,20-21H,6-13H2,1-5H3,(H,19,22). The Balaban J connectivity index is 2.54. The number of nitrogens with one attached hydrogen (secondary N) is 2. The summed E-state index contributed by atoms with van der Waals surface area (Å²) in [5, 5.41) is 16.1. The van der Waals surface area contributed by atoms with E-state index in [0.717, 1.165) is 13.0 Å². The van der Waals surface area contributed by atoms with E-state index >= 15 is 0 Å². The lowest BCUT2D eigenvalue weighted by atomic mass is 9.87. The number of carbonyl (C=O) groups excluding carboxylic acids is 1. The number of aliphatic hydroxyl groups is 1. The van der Waals surface area contributed by atoms with Crippen LogP contribution >= 0.6 is 0 Å². The first kappa shape index (κ1) is 20.2. The van der Waals surface area contributed by atoms with E-state index in [2.05, 4.69) is 24.5 Å². The van der Waals surface area contributed by atoms with Crippen molar-refractivity contribution in [3.8, 4) is 0 Å². The Labute approximate surface area is 141 Å². The maximum absolute atomic E-state index is 11.9. The molecule has 0 saturated heterocycles. The number of rotatable bonds is 8. The molecule has 0 heterocycles. The highest BCUT2D eigenvalue weighted by Crippen LogP contribution is 2.28. The SMILES string of the molecule is CCC(C)(CO)CNC(CNC(=O)OC(C)(C)C)C1CCCC1. The van der Waals surface area contributed by atoms with Crippen molar-refractivity contribution < 1.29 is 14.6 Å². The summed E-state index contributed by atoms with van der Waals surface area (Å²) in [4.78, 5) is 11.9. The van der Waals surface area contributed by atoms with E-state index < -0.39 is 5.60 Å². The molecule has 23 heavy (non-hydrogen) atoms. The van der Waals surface area contributed by atoms with Gasteiger partial charge in [0.15, 0.2) is 0 Å². The van der Waals surface area contributed by atoms with Gasteiger partial charge in [0, 0.05) is 31.2 Å². The summed E-state index contributed by atoms with van der Waals surface area (Å²) in [5.74, 6) is 0.588. The van der Waals surface area contributed by atoms with Gasteiger partial charge in [-0.05, 0) is 46.0 Å². The number of ether oxygens (including phenoxy) is 1. The number of hydrogen-bond donors (Lipinski definition) is 3. The number of amides is 1. The van der Waals surface area contributed by atoms with Crippen LogP contribution in [0.1, 0.15) is 66.7 Å². The van der Waals surface area contributed by atoms with Gasteiger partial charge in [-0.1, -0.05) is 26.7 Å². The molecule has 5 nitrogen and oxygen atoms in total. The zero-order valence-electron chi connectivity index (χ0n) is 15.6. The average Bonchev–Trinajstić information content (AvgIpc) is 2.99. The van der Waals surface area contributed by atoms with E-state index in [1.165, 1.54) is 25.7 Å². The van der Waals surface area contributed by atoms with Gasteiger partial charge in [0.2, 0.25) is 0 Å². The zero-order valence-corrected chi connectivity index (χ0v) is 15.6. The second-order valence-electron chi connectivity index (χ2n) is 8.24. The summed E-state index contributed by atoms with van der Waals surface area (Å²) in [6.07, 6.45) is 5.50. The van der Waals surface area contributed by atoms with E-state index in [0.29, 0.717) is 12.5 Å². The van der Waals surface area contributed by atoms with Gasteiger partial charge >= 0.3 is 6.09 Å². The molecule has 0 aliphatic heterocycles. The van der Waals surface area contributed by atoms with E-state index in [-0.39, 0.29) is 24.2 Å².